The third-order valence-corrected chi connectivity index (χ3v) is 3.55. The van der Waals surface area contributed by atoms with Gasteiger partial charge in [-0.15, -0.1) is 0 Å². The van der Waals surface area contributed by atoms with Crippen molar-refractivity contribution in [3.63, 3.8) is 0 Å². The van der Waals surface area contributed by atoms with Crippen LogP contribution in [0, 0.1) is 0 Å². The molecular weight excluding hydrogens is 319 g/mol. The van der Waals surface area contributed by atoms with Gasteiger partial charge in [0.2, 0.25) is 0 Å². The van der Waals surface area contributed by atoms with Crippen molar-refractivity contribution in [2.75, 3.05) is 18.5 Å². The lowest BCUT2D eigenvalue weighted by molar-refractivity contribution is -0.136. The van der Waals surface area contributed by atoms with E-state index in [9.17, 15) is 13.2 Å². The number of aliphatic hydroxyl groups is 1. The van der Waals surface area contributed by atoms with Crippen LogP contribution in [0.25, 0.3) is 11.4 Å². The average molecular weight is 339 g/mol. The molecule has 1 aromatic carbocycles. The molecule has 0 unspecified atom stereocenters. The Kier molecular flexibility index (Phi) is 6.54. The number of halogens is 3. The zero-order chi connectivity index (χ0) is 17.4. The lowest BCUT2D eigenvalue weighted by Gasteiger charge is -2.16. The normalized spacial score (nSPS) is 11.5. The maximum atomic E-state index is 13.3. The lowest BCUT2D eigenvalue weighted by Crippen LogP contribution is -2.12. The molecule has 1 heterocycles. The summed E-state index contributed by atoms with van der Waals surface area (Å²) in [6.07, 6.45) is 1.74. The van der Waals surface area contributed by atoms with E-state index < -0.39 is 11.7 Å². The van der Waals surface area contributed by atoms with Gasteiger partial charge in [-0.05, 0) is 37.1 Å². The summed E-state index contributed by atoms with van der Waals surface area (Å²) in [6, 6.07) is 5.69. The molecule has 0 fully saturated rings. The Morgan fingerprint density at radius 1 is 1.00 bits per heavy atom. The minimum absolute atomic E-state index is 0.0596. The van der Waals surface area contributed by atoms with Gasteiger partial charge in [0, 0.05) is 36.8 Å². The summed E-state index contributed by atoms with van der Waals surface area (Å²) in [5.74, 6) is 0.263. The molecule has 0 aliphatic rings. The molecule has 1 aromatic heterocycles. The van der Waals surface area contributed by atoms with Gasteiger partial charge in [-0.1, -0.05) is 12.8 Å². The Labute approximate surface area is 138 Å². The van der Waals surface area contributed by atoms with E-state index in [-0.39, 0.29) is 18.1 Å². The molecule has 2 rings (SSSR count). The molecule has 130 valence electrons. The molecule has 0 bridgehead atoms. The Morgan fingerprint density at radius 2 is 1.71 bits per heavy atom. The number of aromatic nitrogens is 2. The fourth-order valence-corrected chi connectivity index (χ4v) is 2.33. The first-order valence-corrected chi connectivity index (χ1v) is 7.86. The average Bonchev–Trinajstić information content (AvgIpc) is 2.58. The van der Waals surface area contributed by atoms with Crippen LogP contribution in [0.4, 0.5) is 18.9 Å². The molecule has 0 atom stereocenters. The number of hydrogen-bond donors (Lipinski definition) is 2. The van der Waals surface area contributed by atoms with E-state index in [1.165, 1.54) is 18.5 Å². The fourth-order valence-electron chi connectivity index (χ4n) is 2.33. The van der Waals surface area contributed by atoms with Gasteiger partial charge in [0.15, 0.2) is 5.82 Å². The van der Waals surface area contributed by atoms with E-state index in [0.717, 1.165) is 31.7 Å². The second-order valence-electron chi connectivity index (χ2n) is 5.40. The van der Waals surface area contributed by atoms with Crippen LogP contribution in [0.15, 0.2) is 36.7 Å². The highest BCUT2D eigenvalue weighted by atomic mass is 19.4. The van der Waals surface area contributed by atoms with Crippen LogP contribution in [0.5, 0.6) is 0 Å². The molecule has 0 saturated heterocycles. The zero-order valence-electron chi connectivity index (χ0n) is 13.2. The molecule has 0 spiro atoms. The van der Waals surface area contributed by atoms with Crippen LogP contribution >= 0.6 is 0 Å². The van der Waals surface area contributed by atoms with E-state index >= 15 is 0 Å². The number of aliphatic hydroxyl groups excluding tert-OH is 1. The van der Waals surface area contributed by atoms with Crippen molar-refractivity contribution in [2.24, 2.45) is 0 Å². The van der Waals surface area contributed by atoms with Crippen LogP contribution < -0.4 is 5.32 Å². The topological polar surface area (TPSA) is 58.0 Å². The second kappa shape index (κ2) is 8.63. The number of hydrogen-bond acceptors (Lipinski definition) is 4. The van der Waals surface area contributed by atoms with Gasteiger partial charge < -0.3 is 10.4 Å². The summed E-state index contributed by atoms with van der Waals surface area (Å²) < 4.78 is 39.9. The molecule has 24 heavy (non-hydrogen) atoms. The SMILES string of the molecule is OCCCCCCNc1ccc(-c2ncccn2)cc1C(F)(F)F. The number of rotatable bonds is 8. The van der Waals surface area contributed by atoms with Crippen molar-refractivity contribution < 1.29 is 18.3 Å². The summed E-state index contributed by atoms with van der Waals surface area (Å²) in [5, 5.41) is 11.5. The Bertz CT molecular complexity index is 633. The van der Waals surface area contributed by atoms with Gasteiger partial charge >= 0.3 is 6.18 Å². The third kappa shape index (κ3) is 5.19. The van der Waals surface area contributed by atoms with Gasteiger partial charge in [-0.25, -0.2) is 9.97 Å². The molecule has 0 amide bonds. The van der Waals surface area contributed by atoms with Gasteiger partial charge in [-0.3, -0.25) is 0 Å². The van der Waals surface area contributed by atoms with Crippen LogP contribution in [-0.4, -0.2) is 28.2 Å². The van der Waals surface area contributed by atoms with Crippen LogP contribution in [0.1, 0.15) is 31.2 Å². The van der Waals surface area contributed by atoms with Gasteiger partial charge in [-0.2, -0.15) is 13.2 Å². The van der Waals surface area contributed by atoms with Crippen molar-refractivity contribution in [3.8, 4) is 11.4 Å². The minimum atomic E-state index is -4.45. The zero-order valence-corrected chi connectivity index (χ0v) is 13.2. The largest absolute Gasteiger partial charge is 0.418 e. The molecule has 0 saturated carbocycles. The van der Waals surface area contributed by atoms with Crippen molar-refractivity contribution in [3.05, 3.63) is 42.2 Å². The number of anilines is 1. The second-order valence-corrected chi connectivity index (χ2v) is 5.40. The highest BCUT2D eigenvalue weighted by molar-refractivity contribution is 5.64. The summed E-state index contributed by atoms with van der Waals surface area (Å²) in [7, 11) is 0. The highest BCUT2D eigenvalue weighted by Gasteiger charge is 2.34. The number of unbranched alkanes of at least 4 members (excludes halogenated alkanes) is 3. The van der Waals surface area contributed by atoms with E-state index in [2.05, 4.69) is 15.3 Å². The standard InChI is InChI=1S/C17H20F3N3O/c18-17(19,20)14-12-13(16-22-9-5-10-23-16)6-7-15(14)21-8-3-1-2-4-11-24/h5-7,9-10,12,21,24H,1-4,8,11H2. The molecule has 7 heteroatoms. The third-order valence-electron chi connectivity index (χ3n) is 3.55. The fraction of sp³-hybridized carbons (Fsp3) is 0.412. The summed E-state index contributed by atoms with van der Waals surface area (Å²) >= 11 is 0. The lowest BCUT2D eigenvalue weighted by atomic mass is 10.1. The van der Waals surface area contributed by atoms with Crippen LogP contribution in [0.3, 0.4) is 0 Å². The van der Waals surface area contributed by atoms with E-state index in [1.54, 1.807) is 12.1 Å². The minimum Gasteiger partial charge on any atom is -0.396 e. The quantitative estimate of drug-likeness (QED) is 0.710. The van der Waals surface area contributed by atoms with Crippen LogP contribution in [-0.2, 0) is 6.18 Å². The first-order chi connectivity index (χ1) is 11.5. The number of nitrogens with one attached hydrogen (secondary N) is 1. The molecule has 2 aromatic rings. The molecule has 0 aliphatic carbocycles. The van der Waals surface area contributed by atoms with Crippen molar-refractivity contribution >= 4 is 5.69 Å². The molecule has 0 aliphatic heterocycles. The van der Waals surface area contributed by atoms with E-state index in [1.807, 2.05) is 0 Å². The highest BCUT2D eigenvalue weighted by Crippen LogP contribution is 2.37. The summed E-state index contributed by atoms with van der Waals surface area (Å²) in [5.41, 5.74) is -0.330. The summed E-state index contributed by atoms with van der Waals surface area (Å²) in [4.78, 5) is 7.97. The number of benzene rings is 1. The van der Waals surface area contributed by atoms with Crippen LogP contribution in [0.2, 0.25) is 0 Å². The molecule has 0 radical (unpaired) electrons. The first kappa shape index (κ1) is 18.2. The van der Waals surface area contributed by atoms with Crippen molar-refractivity contribution in [2.45, 2.75) is 31.9 Å². The molecule has 2 N–H and O–H groups in total. The Morgan fingerprint density at radius 3 is 2.38 bits per heavy atom. The van der Waals surface area contributed by atoms with Gasteiger partial charge in [0.25, 0.3) is 0 Å². The Hall–Kier alpha value is -2.15. The maximum absolute atomic E-state index is 13.3. The van der Waals surface area contributed by atoms with E-state index in [0.29, 0.717) is 12.1 Å². The molecular formula is C17H20F3N3O. The summed E-state index contributed by atoms with van der Waals surface area (Å²) in [6.45, 7) is 0.602. The smallest absolute Gasteiger partial charge is 0.396 e. The van der Waals surface area contributed by atoms with Crippen molar-refractivity contribution in [1.29, 1.82) is 0 Å². The molecule has 4 nitrogen and oxygen atoms in total. The number of alkyl halides is 3. The number of nitrogens with zero attached hydrogens (tertiary/aromatic N) is 2. The van der Waals surface area contributed by atoms with Gasteiger partial charge in [0.05, 0.1) is 5.56 Å². The maximum Gasteiger partial charge on any atom is 0.418 e. The predicted molar refractivity (Wildman–Crippen MR) is 86.5 cm³/mol. The van der Waals surface area contributed by atoms with E-state index in [4.69, 9.17) is 5.11 Å². The predicted octanol–water partition coefficient (Wildman–Crippen LogP) is 4.13. The van der Waals surface area contributed by atoms with Gasteiger partial charge in [0.1, 0.15) is 0 Å². The first-order valence-electron chi connectivity index (χ1n) is 7.86. The van der Waals surface area contributed by atoms with Crippen molar-refractivity contribution in [1.82, 2.24) is 9.97 Å². The Balaban J connectivity index is 2.10. The monoisotopic (exact) mass is 339 g/mol.